The highest BCUT2D eigenvalue weighted by molar-refractivity contribution is 6.47. The number of fused-ring (bicyclic) bond motifs is 1. The second-order valence-electron chi connectivity index (χ2n) is 4.18. The molecule has 1 aliphatic heterocycles. The predicted octanol–water partition coefficient (Wildman–Crippen LogP) is 2.99. The number of halogens is 3. The molecule has 2 aromatic heterocycles. The average molecular weight is 315 g/mol. The fraction of sp³-hybridized carbons (Fsp3) is 0.250. The van der Waals surface area contributed by atoms with Crippen molar-refractivity contribution in [2.45, 2.75) is 10.9 Å². The first kappa shape index (κ1) is 13.5. The third kappa shape index (κ3) is 2.54. The van der Waals surface area contributed by atoms with Crippen LogP contribution in [0.15, 0.2) is 30.9 Å². The molecule has 20 heavy (non-hydrogen) atoms. The lowest BCUT2D eigenvalue weighted by molar-refractivity contribution is 0.0646. The van der Waals surface area contributed by atoms with Gasteiger partial charge in [0.2, 0.25) is 4.52 Å². The van der Waals surface area contributed by atoms with E-state index in [1.165, 1.54) is 17.6 Å². The zero-order valence-corrected chi connectivity index (χ0v) is 11.6. The van der Waals surface area contributed by atoms with E-state index in [-0.39, 0.29) is 5.52 Å². The van der Waals surface area contributed by atoms with Crippen molar-refractivity contribution >= 4 is 39.9 Å². The summed E-state index contributed by atoms with van der Waals surface area (Å²) >= 11 is 12.0. The fourth-order valence-corrected chi connectivity index (χ4v) is 2.23. The van der Waals surface area contributed by atoms with Crippen LogP contribution in [-0.2, 0) is 4.84 Å². The van der Waals surface area contributed by atoms with Gasteiger partial charge in [-0.3, -0.25) is 4.98 Å². The van der Waals surface area contributed by atoms with E-state index in [9.17, 15) is 4.39 Å². The van der Waals surface area contributed by atoms with Gasteiger partial charge in [0.05, 0.1) is 18.1 Å². The molecule has 0 aromatic carbocycles. The van der Waals surface area contributed by atoms with Gasteiger partial charge in [0.25, 0.3) is 0 Å². The first-order chi connectivity index (χ1) is 9.57. The predicted molar refractivity (Wildman–Crippen MR) is 73.9 cm³/mol. The van der Waals surface area contributed by atoms with Crippen molar-refractivity contribution in [3.05, 3.63) is 36.7 Å². The van der Waals surface area contributed by atoms with Crippen LogP contribution in [0.1, 0.15) is 6.42 Å². The fourth-order valence-electron chi connectivity index (χ4n) is 1.89. The number of anilines is 1. The Morgan fingerprint density at radius 2 is 2.10 bits per heavy atom. The van der Waals surface area contributed by atoms with Crippen molar-refractivity contribution in [3.8, 4) is 0 Å². The zero-order chi connectivity index (χ0) is 14.2. The standard InChI is InChI=1S/C12H9Cl2FN4O/c13-12(14)3-1-2-4-19(20-12)11-8-5-16-6-9(15)10(8)17-7-18-11/h1-2,5-7H,3-4H2. The maximum absolute atomic E-state index is 13.7. The SMILES string of the molecule is Fc1cncc2c(N3CC=CCC(Cl)(Cl)O3)ncnc12. The van der Waals surface area contributed by atoms with E-state index in [1.807, 2.05) is 12.2 Å². The molecule has 1 aliphatic rings. The number of hydroxylamine groups is 1. The summed E-state index contributed by atoms with van der Waals surface area (Å²) in [5, 5.41) is 1.82. The summed E-state index contributed by atoms with van der Waals surface area (Å²) in [7, 11) is 0. The molecule has 0 radical (unpaired) electrons. The van der Waals surface area contributed by atoms with Gasteiger partial charge in [-0.1, -0.05) is 35.4 Å². The van der Waals surface area contributed by atoms with Crippen LogP contribution in [-0.4, -0.2) is 26.0 Å². The maximum atomic E-state index is 13.7. The smallest absolute Gasteiger partial charge is 0.245 e. The summed E-state index contributed by atoms with van der Waals surface area (Å²) in [6.07, 6.45) is 7.80. The van der Waals surface area contributed by atoms with Crippen LogP contribution in [0, 0.1) is 5.82 Å². The normalized spacial score (nSPS) is 18.2. The number of nitrogens with zero attached hydrogens (tertiary/aromatic N) is 4. The van der Waals surface area contributed by atoms with E-state index >= 15 is 0 Å². The first-order valence-electron chi connectivity index (χ1n) is 5.80. The summed E-state index contributed by atoms with van der Waals surface area (Å²) in [5.41, 5.74) is 0.163. The Hall–Kier alpha value is -1.50. The number of hydrogen-bond acceptors (Lipinski definition) is 5. The summed E-state index contributed by atoms with van der Waals surface area (Å²) in [6, 6.07) is 0. The van der Waals surface area contributed by atoms with Crippen molar-refractivity contribution in [1.29, 1.82) is 0 Å². The third-order valence-electron chi connectivity index (χ3n) is 2.75. The minimum absolute atomic E-state index is 0.163. The molecule has 0 spiro atoms. The van der Waals surface area contributed by atoms with Crippen LogP contribution in [0.5, 0.6) is 0 Å². The molecule has 8 heteroatoms. The molecular weight excluding hydrogens is 306 g/mol. The van der Waals surface area contributed by atoms with Crippen LogP contribution in [0.3, 0.4) is 0 Å². The van der Waals surface area contributed by atoms with Crippen LogP contribution in [0.2, 0.25) is 0 Å². The van der Waals surface area contributed by atoms with E-state index in [1.54, 1.807) is 0 Å². The molecular formula is C12H9Cl2FN4O. The van der Waals surface area contributed by atoms with Gasteiger partial charge in [-0.15, -0.1) is 0 Å². The minimum atomic E-state index is -1.40. The highest BCUT2D eigenvalue weighted by Gasteiger charge is 2.30. The van der Waals surface area contributed by atoms with Gasteiger partial charge < -0.3 is 0 Å². The molecule has 5 nitrogen and oxygen atoms in total. The van der Waals surface area contributed by atoms with Gasteiger partial charge in [-0.25, -0.2) is 24.3 Å². The van der Waals surface area contributed by atoms with E-state index in [0.717, 1.165) is 6.20 Å². The van der Waals surface area contributed by atoms with Gasteiger partial charge in [0.15, 0.2) is 11.6 Å². The van der Waals surface area contributed by atoms with Crippen LogP contribution in [0.4, 0.5) is 10.2 Å². The Balaban J connectivity index is 2.10. The lowest BCUT2D eigenvalue weighted by atomic mass is 10.3. The molecule has 104 valence electrons. The van der Waals surface area contributed by atoms with Crippen molar-refractivity contribution in [2.75, 3.05) is 11.6 Å². The number of rotatable bonds is 1. The van der Waals surface area contributed by atoms with Crippen molar-refractivity contribution in [3.63, 3.8) is 0 Å². The monoisotopic (exact) mass is 314 g/mol. The largest absolute Gasteiger partial charge is 0.261 e. The molecule has 0 aliphatic carbocycles. The Kier molecular flexibility index (Phi) is 3.45. The van der Waals surface area contributed by atoms with Crippen LogP contribution < -0.4 is 5.06 Å². The molecule has 3 heterocycles. The van der Waals surface area contributed by atoms with E-state index in [4.69, 9.17) is 28.0 Å². The number of hydrogen-bond donors (Lipinski definition) is 0. The minimum Gasteiger partial charge on any atom is -0.261 e. The van der Waals surface area contributed by atoms with E-state index in [2.05, 4.69) is 15.0 Å². The molecule has 2 aromatic rings. The van der Waals surface area contributed by atoms with Crippen molar-refractivity contribution < 1.29 is 9.23 Å². The molecule has 0 bridgehead atoms. The second kappa shape index (κ2) is 5.12. The van der Waals surface area contributed by atoms with Crippen LogP contribution in [0.25, 0.3) is 10.9 Å². The van der Waals surface area contributed by atoms with Gasteiger partial charge in [-0.05, 0) is 0 Å². The molecule has 0 unspecified atom stereocenters. The molecule has 0 fully saturated rings. The average Bonchev–Trinajstić information content (AvgIpc) is 2.59. The molecule has 0 atom stereocenters. The molecule has 3 rings (SSSR count). The number of alkyl halides is 2. The van der Waals surface area contributed by atoms with Gasteiger partial charge in [0, 0.05) is 12.6 Å². The summed E-state index contributed by atoms with van der Waals surface area (Å²) in [5.74, 6) is -0.168. The summed E-state index contributed by atoms with van der Waals surface area (Å²) in [6.45, 7) is 0.379. The summed E-state index contributed by atoms with van der Waals surface area (Å²) in [4.78, 5) is 17.3. The van der Waals surface area contributed by atoms with Crippen molar-refractivity contribution in [1.82, 2.24) is 15.0 Å². The maximum Gasteiger partial charge on any atom is 0.245 e. The molecule has 0 N–H and O–H groups in total. The topological polar surface area (TPSA) is 51.1 Å². The quantitative estimate of drug-likeness (QED) is 0.598. The van der Waals surface area contributed by atoms with E-state index in [0.29, 0.717) is 24.2 Å². The Bertz CT molecular complexity index is 680. The van der Waals surface area contributed by atoms with Crippen LogP contribution >= 0.6 is 23.2 Å². The van der Waals surface area contributed by atoms with E-state index < -0.39 is 10.3 Å². The zero-order valence-electron chi connectivity index (χ0n) is 10.1. The van der Waals surface area contributed by atoms with Gasteiger partial charge in [-0.2, -0.15) is 0 Å². The highest BCUT2D eigenvalue weighted by atomic mass is 35.5. The van der Waals surface area contributed by atoms with Crippen molar-refractivity contribution in [2.24, 2.45) is 0 Å². The highest BCUT2D eigenvalue weighted by Crippen LogP contribution is 2.34. The second-order valence-corrected chi connectivity index (χ2v) is 5.59. The number of aromatic nitrogens is 3. The number of pyridine rings is 1. The van der Waals surface area contributed by atoms with Gasteiger partial charge in [0.1, 0.15) is 11.8 Å². The Labute approximate surface area is 124 Å². The lowest BCUT2D eigenvalue weighted by Gasteiger charge is -2.26. The molecule has 0 amide bonds. The Morgan fingerprint density at radius 1 is 1.25 bits per heavy atom. The molecule has 0 saturated carbocycles. The third-order valence-corrected chi connectivity index (χ3v) is 3.20. The lowest BCUT2D eigenvalue weighted by Crippen LogP contribution is -2.32. The molecule has 0 saturated heterocycles. The Morgan fingerprint density at radius 3 is 2.95 bits per heavy atom. The summed E-state index contributed by atoms with van der Waals surface area (Å²) < 4.78 is 12.3. The van der Waals surface area contributed by atoms with Gasteiger partial charge >= 0.3 is 0 Å². The first-order valence-corrected chi connectivity index (χ1v) is 6.56.